The molecule has 0 saturated carbocycles. The zero-order valence-corrected chi connectivity index (χ0v) is 7.42. The Morgan fingerprint density at radius 3 is 2.25 bits per heavy atom. The van der Waals surface area contributed by atoms with Crippen molar-refractivity contribution in [2.24, 2.45) is 0 Å². The van der Waals surface area contributed by atoms with Crippen molar-refractivity contribution in [2.75, 3.05) is 13.2 Å². The zero-order valence-electron chi connectivity index (χ0n) is 4.07. The molecule has 0 saturated heterocycles. The van der Waals surface area contributed by atoms with E-state index in [2.05, 4.69) is 4.52 Å². The van der Waals surface area contributed by atoms with Gasteiger partial charge in [0, 0.05) is 30.8 Å². The average Bonchev–Trinajstić information content (AvgIpc) is 1.61. The molecule has 0 radical (unpaired) electrons. The Morgan fingerprint density at radius 2 is 2.12 bits per heavy atom. The van der Waals surface area contributed by atoms with Gasteiger partial charge in [0.2, 0.25) is 0 Å². The molecule has 0 aromatic rings. The quantitative estimate of drug-likeness (QED) is 0.632. The Labute approximate surface area is 66.9 Å². The maximum absolute atomic E-state index is 9.57. The second-order valence-corrected chi connectivity index (χ2v) is 1.53. The van der Waals surface area contributed by atoms with E-state index < -0.39 is 8.25 Å². The van der Waals surface area contributed by atoms with Crippen molar-refractivity contribution in [1.82, 2.24) is 0 Å². The van der Waals surface area contributed by atoms with Gasteiger partial charge in [-0.2, -0.15) is 0 Å². The van der Waals surface area contributed by atoms with E-state index >= 15 is 0 Å². The van der Waals surface area contributed by atoms with Gasteiger partial charge in [0.15, 0.2) is 0 Å². The van der Waals surface area contributed by atoms with Gasteiger partial charge in [0.05, 0.1) is 6.61 Å². The fourth-order valence-electron chi connectivity index (χ4n) is 0.119. The molecule has 2 N–H and O–H groups in total. The second kappa shape index (κ2) is 7.86. The maximum atomic E-state index is 9.57. The molecule has 46 valence electrons. The number of hydrogen-bond acceptors (Lipinski definition) is 3. The van der Waals surface area contributed by atoms with E-state index in [0.717, 1.165) is 0 Å². The van der Waals surface area contributed by atoms with E-state index in [0.29, 0.717) is 0 Å². The molecular formula is C2H6O4PZr+. The van der Waals surface area contributed by atoms with Gasteiger partial charge in [0.25, 0.3) is 0 Å². The average molecular weight is 216 g/mol. The summed E-state index contributed by atoms with van der Waals surface area (Å²) in [6.45, 7) is -0.298. The fourth-order valence-corrected chi connectivity index (χ4v) is 0.357. The molecule has 6 heteroatoms. The minimum atomic E-state index is -2.52. The SMILES string of the molecule is O=[P+](O)OCCO.[Zr]. The van der Waals surface area contributed by atoms with Gasteiger partial charge in [-0.1, -0.05) is 0 Å². The van der Waals surface area contributed by atoms with Crippen LogP contribution in [0.4, 0.5) is 0 Å². The van der Waals surface area contributed by atoms with Crippen molar-refractivity contribution in [3.63, 3.8) is 0 Å². The summed E-state index contributed by atoms with van der Waals surface area (Å²) in [4.78, 5) is 7.86. The summed E-state index contributed by atoms with van der Waals surface area (Å²) >= 11 is 0. The molecular weight excluding hydrogens is 210 g/mol. The molecule has 1 unspecified atom stereocenters. The first-order chi connectivity index (χ1) is 3.27. The van der Waals surface area contributed by atoms with Gasteiger partial charge in [-0.05, 0) is 0 Å². The van der Waals surface area contributed by atoms with Crippen molar-refractivity contribution < 1.29 is 45.3 Å². The predicted octanol–water partition coefficient (Wildman–Crippen LogP) is -0.358. The molecule has 0 rings (SSSR count). The number of rotatable bonds is 3. The van der Waals surface area contributed by atoms with Crippen LogP contribution in [0.15, 0.2) is 0 Å². The predicted molar refractivity (Wildman–Crippen MR) is 22.9 cm³/mol. The third-order valence-corrected chi connectivity index (χ3v) is 0.696. The molecule has 0 aromatic carbocycles. The summed E-state index contributed by atoms with van der Waals surface area (Å²) in [6.07, 6.45) is 0. The van der Waals surface area contributed by atoms with E-state index in [1.54, 1.807) is 0 Å². The Hall–Kier alpha value is 0.863. The van der Waals surface area contributed by atoms with Crippen LogP contribution < -0.4 is 0 Å². The summed E-state index contributed by atoms with van der Waals surface area (Å²) in [5, 5.41) is 7.95. The van der Waals surface area contributed by atoms with Crippen LogP contribution in [-0.4, -0.2) is 23.2 Å². The molecule has 0 spiro atoms. The first-order valence-electron chi connectivity index (χ1n) is 1.67. The molecule has 0 heterocycles. The van der Waals surface area contributed by atoms with Crippen LogP contribution in [0.3, 0.4) is 0 Å². The zero-order chi connectivity index (χ0) is 5.70. The van der Waals surface area contributed by atoms with E-state index in [4.69, 9.17) is 10.00 Å². The Kier molecular flexibility index (Phi) is 11.4. The largest absolute Gasteiger partial charge is 0.694 e. The van der Waals surface area contributed by atoms with Crippen LogP contribution in [-0.2, 0) is 35.3 Å². The number of hydrogen-bond donors (Lipinski definition) is 2. The van der Waals surface area contributed by atoms with Crippen molar-refractivity contribution >= 4 is 8.25 Å². The first kappa shape index (κ1) is 11.6. The smallest absolute Gasteiger partial charge is 0.394 e. The van der Waals surface area contributed by atoms with Crippen molar-refractivity contribution in [3.8, 4) is 0 Å². The molecule has 0 amide bonds. The summed E-state index contributed by atoms with van der Waals surface area (Å²) in [5.74, 6) is 0. The van der Waals surface area contributed by atoms with Crippen LogP contribution in [0.2, 0.25) is 0 Å². The third kappa shape index (κ3) is 9.98. The van der Waals surface area contributed by atoms with Gasteiger partial charge in [-0.25, -0.2) is 0 Å². The minimum Gasteiger partial charge on any atom is -0.394 e. The van der Waals surface area contributed by atoms with Crippen molar-refractivity contribution in [3.05, 3.63) is 0 Å². The molecule has 8 heavy (non-hydrogen) atoms. The number of aliphatic hydroxyl groups excluding tert-OH is 1. The summed E-state index contributed by atoms with van der Waals surface area (Å²) in [7, 11) is -2.52. The van der Waals surface area contributed by atoms with E-state index in [-0.39, 0.29) is 39.4 Å². The summed E-state index contributed by atoms with van der Waals surface area (Å²) < 4.78 is 13.6. The standard InChI is InChI=1S/C2H5O4P.Zr/c3-1-2-6-7(4)5;/h3H,1-2H2;/p+1. The molecule has 0 aliphatic rings. The summed E-state index contributed by atoms with van der Waals surface area (Å²) in [5.41, 5.74) is 0. The minimum absolute atomic E-state index is 0. The van der Waals surface area contributed by atoms with E-state index in [1.165, 1.54) is 0 Å². The van der Waals surface area contributed by atoms with E-state index in [9.17, 15) is 4.57 Å². The topological polar surface area (TPSA) is 66.8 Å². The van der Waals surface area contributed by atoms with Gasteiger partial charge in [0.1, 0.15) is 6.61 Å². The molecule has 0 aliphatic heterocycles. The molecule has 0 fully saturated rings. The van der Waals surface area contributed by atoms with Crippen LogP contribution >= 0.6 is 8.25 Å². The van der Waals surface area contributed by atoms with Gasteiger partial charge < -0.3 is 5.11 Å². The molecule has 1 atom stereocenters. The van der Waals surface area contributed by atoms with Crippen molar-refractivity contribution in [1.29, 1.82) is 0 Å². The maximum Gasteiger partial charge on any atom is 0.694 e. The third-order valence-electron chi connectivity index (χ3n) is 0.293. The second-order valence-electron chi connectivity index (χ2n) is 0.795. The van der Waals surface area contributed by atoms with Gasteiger partial charge >= 0.3 is 8.25 Å². The fraction of sp³-hybridized carbons (Fsp3) is 1.00. The normalized spacial score (nSPS) is 10.0. The molecule has 4 nitrogen and oxygen atoms in total. The Bertz CT molecular complexity index is 67.1. The summed E-state index contributed by atoms with van der Waals surface area (Å²) in [6, 6.07) is 0. The van der Waals surface area contributed by atoms with Gasteiger partial charge in [-0.3, -0.25) is 0 Å². The molecule has 0 aliphatic carbocycles. The molecule has 0 bridgehead atoms. The number of aliphatic hydroxyl groups is 1. The van der Waals surface area contributed by atoms with Crippen LogP contribution in [0.1, 0.15) is 0 Å². The first-order valence-corrected chi connectivity index (χ1v) is 2.80. The molecule has 0 aromatic heterocycles. The van der Waals surface area contributed by atoms with Crippen LogP contribution in [0.5, 0.6) is 0 Å². The van der Waals surface area contributed by atoms with E-state index in [1.807, 2.05) is 0 Å². The van der Waals surface area contributed by atoms with Crippen molar-refractivity contribution in [2.45, 2.75) is 0 Å². The van der Waals surface area contributed by atoms with Crippen LogP contribution in [0.25, 0.3) is 0 Å². The monoisotopic (exact) mass is 215 g/mol. The Balaban J connectivity index is 0. The van der Waals surface area contributed by atoms with Gasteiger partial charge in [-0.15, -0.1) is 9.42 Å². The van der Waals surface area contributed by atoms with Crippen LogP contribution in [0, 0.1) is 0 Å². The Morgan fingerprint density at radius 1 is 1.62 bits per heavy atom.